The zero-order valence-electron chi connectivity index (χ0n) is 16.4. The highest BCUT2D eigenvalue weighted by Crippen LogP contribution is 2.28. The van der Waals surface area contributed by atoms with Gasteiger partial charge in [0.15, 0.2) is 0 Å². The Kier molecular flexibility index (Phi) is 8.25. The summed E-state index contributed by atoms with van der Waals surface area (Å²) in [7, 11) is -3.93. The molecule has 0 unspecified atom stereocenters. The predicted octanol–water partition coefficient (Wildman–Crippen LogP) is 6.05. The van der Waals surface area contributed by atoms with Crippen LogP contribution >= 0.6 is 31.9 Å². The molecular weight excluding hydrogens is 532 g/mol. The molecule has 0 heterocycles. The lowest BCUT2D eigenvalue weighted by Crippen LogP contribution is -2.26. The Morgan fingerprint density at radius 1 is 0.867 bits per heavy atom. The van der Waals surface area contributed by atoms with E-state index in [0.29, 0.717) is 13.0 Å². The topological polar surface area (TPSA) is 52.6 Å². The summed E-state index contributed by atoms with van der Waals surface area (Å²) in [6.45, 7) is 2.41. The van der Waals surface area contributed by atoms with Gasteiger partial charge >= 0.3 is 0 Å². The van der Waals surface area contributed by atoms with E-state index in [1.807, 2.05) is 55.5 Å². The van der Waals surface area contributed by atoms with Gasteiger partial charge in [-0.25, -0.2) is 0 Å². The molecule has 4 nitrogen and oxygen atoms in total. The predicted molar refractivity (Wildman–Crippen MR) is 125 cm³/mol. The molecule has 3 rings (SSSR count). The summed E-state index contributed by atoms with van der Waals surface area (Å²) in [4.78, 5) is 0.132. The highest BCUT2D eigenvalue weighted by atomic mass is 79.9. The maximum Gasteiger partial charge on any atom is 0.297 e. The minimum atomic E-state index is -3.93. The Balaban J connectivity index is 1.78. The molecule has 0 radical (unpaired) electrons. The fraction of sp³-hybridized carbons (Fsp3) is 0.217. The molecule has 0 amide bonds. The van der Waals surface area contributed by atoms with Crippen molar-refractivity contribution in [2.45, 2.75) is 31.0 Å². The summed E-state index contributed by atoms with van der Waals surface area (Å²) >= 11 is 7.07. The van der Waals surface area contributed by atoms with Gasteiger partial charge in [-0.15, -0.1) is 0 Å². The van der Waals surface area contributed by atoms with Crippen LogP contribution in [0.15, 0.2) is 86.6 Å². The van der Waals surface area contributed by atoms with Crippen molar-refractivity contribution in [1.82, 2.24) is 0 Å². The highest BCUT2D eigenvalue weighted by Gasteiger charge is 2.24. The van der Waals surface area contributed by atoms with Crippen LogP contribution in [0.2, 0.25) is 0 Å². The molecule has 0 aliphatic heterocycles. The maximum absolute atomic E-state index is 12.8. The van der Waals surface area contributed by atoms with Gasteiger partial charge in [0.2, 0.25) is 0 Å². The zero-order chi connectivity index (χ0) is 21.6. The molecule has 30 heavy (non-hydrogen) atoms. The zero-order valence-corrected chi connectivity index (χ0v) is 20.4. The summed E-state index contributed by atoms with van der Waals surface area (Å²) in [5, 5.41) is 0. The van der Waals surface area contributed by atoms with E-state index < -0.39 is 16.2 Å². The van der Waals surface area contributed by atoms with Crippen LogP contribution in [0, 0.1) is 6.92 Å². The average molecular weight is 554 g/mol. The minimum absolute atomic E-state index is 0.132. The first-order chi connectivity index (χ1) is 14.3. The third-order valence-electron chi connectivity index (χ3n) is 4.48. The number of ether oxygens (including phenoxy) is 1. The highest BCUT2D eigenvalue weighted by molar-refractivity contribution is 9.11. The third-order valence-corrected chi connectivity index (χ3v) is 7.34. The average Bonchev–Trinajstić information content (AvgIpc) is 2.71. The standard InChI is InChI=1S/C23H22Br2O4S/c1-17-10-12-20(13-11-17)30(26,27)29-19(14-21-22(24)8-5-9-23(21)25)16-28-15-18-6-3-2-4-7-18/h2-13,19H,14-16H2,1H3/t19-/m0/s1. The first-order valence-electron chi connectivity index (χ1n) is 9.39. The second-order valence-electron chi connectivity index (χ2n) is 6.89. The van der Waals surface area contributed by atoms with Crippen LogP contribution in [0.1, 0.15) is 16.7 Å². The molecule has 158 valence electrons. The Morgan fingerprint density at radius 3 is 2.13 bits per heavy atom. The van der Waals surface area contributed by atoms with E-state index in [2.05, 4.69) is 31.9 Å². The van der Waals surface area contributed by atoms with Crippen LogP contribution in [0.25, 0.3) is 0 Å². The van der Waals surface area contributed by atoms with Gasteiger partial charge in [-0.1, -0.05) is 86.0 Å². The van der Waals surface area contributed by atoms with Crippen molar-refractivity contribution in [2.24, 2.45) is 0 Å². The van der Waals surface area contributed by atoms with Gasteiger partial charge < -0.3 is 4.74 Å². The lowest BCUT2D eigenvalue weighted by Gasteiger charge is -2.19. The normalized spacial score (nSPS) is 12.6. The summed E-state index contributed by atoms with van der Waals surface area (Å²) in [5.41, 5.74) is 2.92. The lowest BCUT2D eigenvalue weighted by atomic mass is 10.1. The van der Waals surface area contributed by atoms with Crippen LogP contribution in [0.3, 0.4) is 0 Å². The molecule has 7 heteroatoms. The van der Waals surface area contributed by atoms with Crippen LogP contribution in [0.4, 0.5) is 0 Å². The molecule has 0 aliphatic carbocycles. The number of aryl methyl sites for hydroxylation is 1. The third kappa shape index (κ3) is 6.49. The molecule has 0 N–H and O–H groups in total. The molecule has 0 fully saturated rings. The molecule has 0 aliphatic rings. The van der Waals surface area contributed by atoms with Crippen molar-refractivity contribution in [3.05, 3.63) is 98.4 Å². The SMILES string of the molecule is Cc1ccc(S(=O)(=O)O[C@H](COCc2ccccc2)Cc2c(Br)cccc2Br)cc1. The number of benzene rings is 3. The van der Waals surface area contributed by atoms with E-state index >= 15 is 0 Å². The van der Waals surface area contributed by atoms with Crippen molar-refractivity contribution in [3.63, 3.8) is 0 Å². The van der Waals surface area contributed by atoms with E-state index in [1.165, 1.54) is 0 Å². The Hall–Kier alpha value is -1.51. The van der Waals surface area contributed by atoms with E-state index in [0.717, 1.165) is 25.6 Å². The molecule has 1 atom stereocenters. The fourth-order valence-electron chi connectivity index (χ4n) is 2.90. The van der Waals surface area contributed by atoms with Gasteiger partial charge in [0.1, 0.15) is 6.10 Å². The van der Waals surface area contributed by atoms with Gasteiger partial charge in [-0.05, 0) is 42.3 Å². The van der Waals surface area contributed by atoms with Crippen LogP contribution in [-0.2, 0) is 32.1 Å². The number of rotatable bonds is 9. The van der Waals surface area contributed by atoms with Crippen LogP contribution in [-0.4, -0.2) is 21.1 Å². The Morgan fingerprint density at radius 2 is 1.50 bits per heavy atom. The molecule has 3 aromatic carbocycles. The van der Waals surface area contributed by atoms with Crippen molar-refractivity contribution in [2.75, 3.05) is 6.61 Å². The fourth-order valence-corrected chi connectivity index (χ4v) is 5.28. The minimum Gasteiger partial charge on any atom is -0.374 e. The number of hydrogen-bond donors (Lipinski definition) is 0. The van der Waals surface area contributed by atoms with E-state index in [9.17, 15) is 8.42 Å². The molecule has 3 aromatic rings. The summed E-state index contributed by atoms with van der Waals surface area (Å²) in [6.07, 6.45) is -0.322. The van der Waals surface area contributed by atoms with E-state index in [-0.39, 0.29) is 11.5 Å². The first-order valence-corrected chi connectivity index (χ1v) is 12.4. The van der Waals surface area contributed by atoms with Crippen molar-refractivity contribution < 1.29 is 17.3 Å². The second-order valence-corrected chi connectivity index (χ2v) is 10.2. The number of halogens is 2. The molecule has 0 saturated carbocycles. The Bertz CT molecular complexity index is 1050. The van der Waals surface area contributed by atoms with Crippen LogP contribution in [0.5, 0.6) is 0 Å². The molecule has 0 spiro atoms. The Labute approximate surface area is 194 Å². The van der Waals surface area contributed by atoms with E-state index in [1.54, 1.807) is 24.3 Å². The maximum atomic E-state index is 12.8. The van der Waals surface area contributed by atoms with Gasteiger partial charge in [0, 0.05) is 15.4 Å². The molecule has 0 bridgehead atoms. The van der Waals surface area contributed by atoms with E-state index in [4.69, 9.17) is 8.92 Å². The summed E-state index contributed by atoms with van der Waals surface area (Å²) in [5.74, 6) is 0. The quantitative estimate of drug-likeness (QED) is 0.302. The molecular formula is C23H22Br2O4S. The molecule has 0 saturated heterocycles. The van der Waals surface area contributed by atoms with Crippen LogP contribution < -0.4 is 0 Å². The number of hydrogen-bond acceptors (Lipinski definition) is 4. The van der Waals surface area contributed by atoms with Crippen molar-refractivity contribution in [3.8, 4) is 0 Å². The van der Waals surface area contributed by atoms with Gasteiger partial charge in [0.05, 0.1) is 18.1 Å². The largest absolute Gasteiger partial charge is 0.374 e. The van der Waals surface area contributed by atoms with Gasteiger partial charge in [-0.3, -0.25) is 4.18 Å². The second kappa shape index (κ2) is 10.7. The lowest BCUT2D eigenvalue weighted by molar-refractivity contribution is 0.0441. The van der Waals surface area contributed by atoms with Gasteiger partial charge in [-0.2, -0.15) is 8.42 Å². The monoisotopic (exact) mass is 552 g/mol. The smallest absolute Gasteiger partial charge is 0.297 e. The summed E-state index contributed by atoms with van der Waals surface area (Å²) in [6, 6.07) is 22.1. The summed E-state index contributed by atoms with van der Waals surface area (Å²) < 4.78 is 38.9. The molecule has 0 aromatic heterocycles. The van der Waals surface area contributed by atoms with Gasteiger partial charge in [0.25, 0.3) is 10.1 Å². The van der Waals surface area contributed by atoms with Crippen molar-refractivity contribution in [1.29, 1.82) is 0 Å². The van der Waals surface area contributed by atoms with Crippen molar-refractivity contribution >= 4 is 42.0 Å². The first kappa shape index (κ1) is 23.2.